The van der Waals surface area contributed by atoms with Gasteiger partial charge in [0.2, 0.25) is 0 Å². The molecule has 0 saturated carbocycles. The van der Waals surface area contributed by atoms with Gasteiger partial charge < -0.3 is 5.32 Å². The molecule has 8 nitrogen and oxygen atoms in total. The van der Waals surface area contributed by atoms with Gasteiger partial charge in [0, 0.05) is 36.3 Å². The zero-order chi connectivity index (χ0) is 25.9. The smallest absolute Gasteiger partial charge is 0.269 e. The van der Waals surface area contributed by atoms with Crippen LogP contribution in [0.1, 0.15) is 46.2 Å². The van der Waals surface area contributed by atoms with Crippen LogP contribution in [0.5, 0.6) is 0 Å². The summed E-state index contributed by atoms with van der Waals surface area (Å²) in [5.41, 5.74) is 3.10. The van der Waals surface area contributed by atoms with Crippen LogP contribution in [-0.4, -0.2) is 15.6 Å². The Kier molecular flexibility index (Phi) is 6.57. The molecular weight excluding hydrogens is 470 g/mol. The van der Waals surface area contributed by atoms with E-state index in [-0.39, 0.29) is 17.2 Å². The molecule has 4 aromatic rings. The summed E-state index contributed by atoms with van der Waals surface area (Å²) in [4.78, 5) is 35.9. The Morgan fingerprint density at radius 3 is 1.19 bits per heavy atom. The van der Waals surface area contributed by atoms with Gasteiger partial charge in [-0.25, -0.2) is 0 Å². The highest BCUT2D eigenvalue weighted by atomic mass is 16.6. The van der Waals surface area contributed by atoms with Gasteiger partial charge in [-0.15, -0.1) is 0 Å². The van der Waals surface area contributed by atoms with E-state index in [1.54, 1.807) is 24.3 Å². The van der Waals surface area contributed by atoms with Gasteiger partial charge in [0.1, 0.15) is 0 Å². The van der Waals surface area contributed by atoms with Crippen LogP contribution in [0.15, 0.2) is 109 Å². The summed E-state index contributed by atoms with van der Waals surface area (Å²) >= 11 is 0. The highest BCUT2D eigenvalue weighted by Gasteiger charge is 2.46. The number of nitro groups is 2. The van der Waals surface area contributed by atoms with Gasteiger partial charge >= 0.3 is 0 Å². The van der Waals surface area contributed by atoms with Gasteiger partial charge in [-0.2, -0.15) is 0 Å². The van der Waals surface area contributed by atoms with Crippen LogP contribution >= 0.6 is 0 Å². The Morgan fingerprint density at radius 2 is 0.865 bits per heavy atom. The number of carbonyl (C=O) groups is 1. The van der Waals surface area contributed by atoms with Crippen molar-refractivity contribution in [1.29, 1.82) is 0 Å². The van der Waals surface area contributed by atoms with E-state index in [1.807, 2.05) is 60.7 Å². The molecule has 0 radical (unpaired) electrons. The number of benzene rings is 4. The Labute approximate surface area is 212 Å². The van der Waals surface area contributed by atoms with Gasteiger partial charge in [-0.3, -0.25) is 25.0 Å². The van der Waals surface area contributed by atoms with E-state index in [4.69, 9.17) is 0 Å². The first kappa shape index (κ1) is 24.0. The average molecular weight is 494 g/mol. The largest absolute Gasteiger partial charge is 0.301 e. The standard InChI is InChI=1S/C29H23N3O5/c33-29-25(19-7-3-1-4-8-19)27(21-11-15-23(16-12-21)31(34)35)30-28(26(29)20-9-5-2-6-10-20)22-13-17-24(18-14-22)32(36)37/h1-18,25-28,30H/t25-,26+,27-,28-/m0/s1. The van der Waals surface area contributed by atoms with E-state index in [0.717, 1.165) is 22.3 Å². The first-order chi connectivity index (χ1) is 17.9. The topological polar surface area (TPSA) is 115 Å². The van der Waals surface area contributed by atoms with Gasteiger partial charge in [0.05, 0.1) is 21.7 Å². The van der Waals surface area contributed by atoms with Crippen LogP contribution in [0, 0.1) is 20.2 Å². The lowest BCUT2D eigenvalue weighted by atomic mass is 9.70. The summed E-state index contributed by atoms with van der Waals surface area (Å²) in [6.07, 6.45) is 0. The maximum atomic E-state index is 14.4. The Morgan fingerprint density at radius 1 is 0.514 bits per heavy atom. The monoisotopic (exact) mass is 493 g/mol. The number of hydrogen-bond donors (Lipinski definition) is 1. The minimum absolute atomic E-state index is 0.00264. The van der Waals surface area contributed by atoms with Crippen molar-refractivity contribution in [3.05, 3.63) is 152 Å². The molecule has 1 aliphatic heterocycles. The van der Waals surface area contributed by atoms with Crippen LogP contribution in [0.4, 0.5) is 11.4 Å². The zero-order valence-electron chi connectivity index (χ0n) is 19.6. The molecule has 37 heavy (non-hydrogen) atoms. The maximum Gasteiger partial charge on any atom is 0.269 e. The predicted octanol–water partition coefficient (Wildman–Crippen LogP) is 6.03. The maximum absolute atomic E-state index is 14.4. The van der Waals surface area contributed by atoms with E-state index < -0.39 is 33.8 Å². The SMILES string of the molecule is O=C1[C@H](c2ccccc2)[C@H](c2ccc([N+](=O)[O-])cc2)N[C@@H](c2ccc([N+](=O)[O-])cc2)[C@@H]1c1ccccc1. The number of Topliss-reactive ketones (excluding diaryl/α,β-unsaturated/α-hetero) is 1. The molecule has 1 fully saturated rings. The number of non-ortho nitro benzene ring substituents is 2. The lowest BCUT2D eigenvalue weighted by Crippen LogP contribution is -2.46. The second-order valence-corrected chi connectivity index (χ2v) is 9.00. The van der Waals surface area contributed by atoms with E-state index >= 15 is 0 Å². The Hall–Kier alpha value is -4.69. The van der Waals surface area contributed by atoms with Crippen LogP contribution in [0.25, 0.3) is 0 Å². The average Bonchev–Trinajstić information content (AvgIpc) is 2.93. The van der Waals surface area contributed by atoms with Crippen LogP contribution in [0.2, 0.25) is 0 Å². The third kappa shape index (κ3) is 4.74. The zero-order valence-corrected chi connectivity index (χ0v) is 19.6. The summed E-state index contributed by atoms with van der Waals surface area (Å²) in [6, 6.07) is 30.5. The first-order valence-electron chi connectivity index (χ1n) is 11.8. The number of rotatable bonds is 6. The van der Waals surface area contributed by atoms with Gasteiger partial charge in [-0.1, -0.05) is 84.9 Å². The van der Waals surface area contributed by atoms with E-state index in [0.29, 0.717) is 0 Å². The highest BCUT2D eigenvalue weighted by Crippen LogP contribution is 2.47. The number of carbonyl (C=O) groups excluding carboxylic acids is 1. The number of nitrogens with one attached hydrogen (secondary N) is 1. The quantitative estimate of drug-likeness (QED) is 0.259. The molecule has 0 unspecified atom stereocenters. The van der Waals surface area contributed by atoms with Crippen molar-refractivity contribution >= 4 is 17.2 Å². The van der Waals surface area contributed by atoms with Crippen molar-refractivity contribution in [2.75, 3.05) is 0 Å². The predicted molar refractivity (Wildman–Crippen MR) is 138 cm³/mol. The number of ketones is 1. The number of nitrogens with zero attached hydrogens (tertiary/aromatic N) is 2. The van der Waals surface area contributed by atoms with Crippen LogP contribution in [-0.2, 0) is 4.79 Å². The molecule has 0 bridgehead atoms. The van der Waals surface area contributed by atoms with E-state index in [1.165, 1.54) is 24.3 Å². The first-order valence-corrected chi connectivity index (χ1v) is 11.8. The molecule has 0 amide bonds. The van der Waals surface area contributed by atoms with Gasteiger partial charge in [0.25, 0.3) is 11.4 Å². The highest BCUT2D eigenvalue weighted by molar-refractivity contribution is 5.94. The minimum atomic E-state index is -0.554. The second kappa shape index (κ2) is 10.1. The molecule has 5 rings (SSSR count). The molecule has 0 aliphatic carbocycles. The molecule has 1 heterocycles. The second-order valence-electron chi connectivity index (χ2n) is 9.00. The summed E-state index contributed by atoms with van der Waals surface area (Å²) in [5, 5.41) is 26.1. The fourth-order valence-corrected chi connectivity index (χ4v) is 5.13. The molecule has 0 aromatic heterocycles. The molecule has 1 saturated heterocycles. The van der Waals surface area contributed by atoms with Crippen LogP contribution in [0.3, 0.4) is 0 Å². The minimum Gasteiger partial charge on any atom is -0.301 e. The molecule has 4 aromatic carbocycles. The summed E-state index contributed by atoms with van der Waals surface area (Å²) in [7, 11) is 0. The lowest BCUT2D eigenvalue weighted by Gasteiger charge is -2.42. The number of piperidine rings is 1. The lowest BCUT2D eigenvalue weighted by molar-refractivity contribution is -0.385. The van der Waals surface area contributed by atoms with E-state index in [2.05, 4.69) is 5.32 Å². The molecule has 184 valence electrons. The molecule has 4 atom stereocenters. The van der Waals surface area contributed by atoms with Crippen molar-refractivity contribution < 1.29 is 14.6 Å². The normalized spacial score (nSPS) is 21.4. The van der Waals surface area contributed by atoms with Crippen molar-refractivity contribution in [2.45, 2.75) is 23.9 Å². The third-order valence-corrected chi connectivity index (χ3v) is 6.88. The van der Waals surface area contributed by atoms with Crippen molar-refractivity contribution in [3.8, 4) is 0 Å². The fraction of sp³-hybridized carbons (Fsp3) is 0.138. The molecule has 8 heteroatoms. The fourth-order valence-electron chi connectivity index (χ4n) is 5.13. The molecule has 1 N–H and O–H groups in total. The third-order valence-electron chi connectivity index (χ3n) is 6.88. The van der Waals surface area contributed by atoms with Crippen LogP contribution < -0.4 is 5.32 Å². The molecular formula is C29H23N3O5. The number of nitro benzene ring substituents is 2. The van der Waals surface area contributed by atoms with Gasteiger partial charge in [0.15, 0.2) is 5.78 Å². The summed E-state index contributed by atoms with van der Waals surface area (Å²) in [5.74, 6) is -1.10. The van der Waals surface area contributed by atoms with Crippen molar-refractivity contribution in [3.63, 3.8) is 0 Å². The Balaban J connectivity index is 1.65. The van der Waals surface area contributed by atoms with Crippen molar-refractivity contribution in [1.82, 2.24) is 5.32 Å². The molecule has 1 aliphatic rings. The molecule has 0 spiro atoms. The van der Waals surface area contributed by atoms with Gasteiger partial charge in [-0.05, 0) is 22.3 Å². The summed E-state index contributed by atoms with van der Waals surface area (Å²) in [6.45, 7) is 0. The summed E-state index contributed by atoms with van der Waals surface area (Å²) < 4.78 is 0. The number of hydrogen-bond acceptors (Lipinski definition) is 6. The Bertz CT molecular complexity index is 1320. The van der Waals surface area contributed by atoms with Crippen molar-refractivity contribution in [2.24, 2.45) is 0 Å². The van der Waals surface area contributed by atoms with E-state index in [9.17, 15) is 25.0 Å².